The second-order valence-electron chi connectivity index (χ2n) is 5.69. The Kier molecular flexibility index (Phi) is 7.52. The van der Waals surface area contributed by atoms with Crippen LogP contribution >= 0.6 is 28.1 Å². The largest absolute Gasteiger partial charge is 0.466 e. The van der Waals surface area contributed by atoms with Crippen LogP contribution < -0.4 is 10.6 Å². The smallest absolute Gasteiger partial charge is 0.308 e. The van der Waals surface area contributed by atoms with Gasteiger partial charge in [-0.2, -0.15) is 0 Å². The number of nitrogens with one attached hydrogen (secondary N) is 2. The third-order valence-corrected chi connectivity index (χ3v) is 4.56. The molecule has 26 heavy (non-hydrogen) atoms. The highest BCUT2D eigenvalue weighted by molar-refractivity contribution is 9.10. The van der Waals surface area contributed by atoms with Crippen molar-refractivity contribution in [3.05, 3.63) is 34.3 Å². The number of ether oxygens (including phenoxy) is 1. The van der Waals surface area contributed by atoms with E-state index >= 15 is 0 Å². The first-order valence-corrected chi connectivity index (χ1v) is 9.43. The fraction of sp³-hybridized carbons (Fsp3) is 0.412. The summed E-state index contributed by atoms with van der Waals surface area (Å²) < 4.78 is 5.82. The van der Waals surface area contributed by atoms with Gasteiger partial charge in [0.15, 0.2) is 5.11 Å². The maximum atomic E-state index is 12.4. The van der Waals surface area contributed by atoms with Crippen LogP contribution in [0.4, 0.5) is 0 Å². The SMILES string of the molecule is CCCOC(=O)CC1C(=O)NCCN1C(=S)NC(=O)c1cccc(Br)c1. The van der Waals surface area contributed by atoms with E-state index in [1.54, 1.807) is 23.1 Å². The minimum atomic E-state index is -0.802. The van der Waals surface area contributed by atoms with Gasteiger partial charge in [0.25, 0.3) is 5.91 Å². The summed E-state index contributed by atoms with van der Waals surface area (Å²) in [4.78, 5) is 38.0. The molecule has 0 radical (unpaired) electrons. The molecular weight excluding hydrogens is 422 g/mol. The van der Waals surface area contributed by atoms with E-state index in [0.717, 1.165) is 4.47 Å². The molecule has 0 aliphatic carbocycles. The zero-order valence-corrected chi connectivity index (χ0v) is 16.7. The summed E-state index contributed by atoms with van der Waals surface area (Å²) in [6, 6.07) is 6.07. The summed E-state index contributed by atoms with van der Waals surface area (Å²) in [6.45, 7) is 2.97. The van der Waals surface area contributed by atoms with Crippen LogP contribution in [0.3, 0.4) is 0 Å². The Morgan fingerprint density at radius 1 is 1.46 bits per heavy atom. The van der Waals surface area contributed by atoms with Crippen molar-refractivity contribution in [2.24, 2.45) is 0 Å². The Bertz CT molecular complexity index is 713. The molecule has 1 atom stereocenters. The van der Waals surface area contributed by atoms with Crippen LogP contribution in [-0.4, -0.2) is 53.5 Å². The number of hydrogen-bond donors (Lipinski definition) is 2. The molecule has 7 nitrogen and oxygen atoms in total. The number of esters is 1. The lowest BCUT2D eigenvalue weighted by Gasteiger charge is -2.36. The molecule has 1 aliphatic heterocycles. The summed E-state index contributed by atoms with van der Waals surface area (Å²) in [5.41, 5.74) is 0.432. The summed E-state index contributed by atoms with van der Waals surface area (Å²) in [7, 11) is 0. The molecule has 9 heteroatoms. The third-order valence-electron chi connectivity index (χ3n) is 3.73. The summed E-state index contributed by atoms with van der Waals surface area (Å²) in [5.74, 6) is -1.17. The predicted molar refractivity (Wildman–Crippen MR) is 104 cm³/mol. The predicted octanol–water partition coefficient (Wildman–Crippen LogP) is 1.61. The maximum Gasteiger partial charge on any atom is 0.308 e. The van der Waals surface area contributed by atoms with Gasteiger partial charge in [0.2, 0.25) is 5.91 Å². The van der Waals surface area contributed by atoms with Crippen molar-refractivity contribution in [2.75, 3.05) is 19.7 Å². The van der Waals surface area contributed by atoms with E-state index in [-0.39, 0.29) is 23.3 Å². The molecule has 0 aromatic heterocycles. The number of amides is 2. The molecule has 2 rings (SSSR count). The van der Waals surface area contributed by atoms with Crippen LogP contribution in [0.5, 0.6) is 0 Å². The summed E-state index contributed by atoms with van der Waals surface area (Å²) in [6.07, 6.45) is 0.576. The fourth-order valence-corrected chi connectivity index (χ4v) is 3.17. The van der Waals surface area contributed by atoms with Gasteiger partial charge in [-0.25, -0.2) is 0 Å². The van der Waals surface area contributed by atoms with Crippen LogP contribution in [0, 0.1) is 0 Å². The molecule has 2 N–H and O–H groups in total. The summed E-state index contributed by atoms with van der Waals surface area (Å²) in [5, 5.41) is 5.44. The average Bonchev–Trinajstić information content (AvgIpc) is 2.61. The Labute approximate surface area is 165 Å². The van der Waals surface area contributed by atoms with Gasteiger partial charge in [-0.3, -0.25) is 19.7 Å². The standard InChI is InChI=1S/C17H20BrN3O4S/c1-2-8-25-14(22)10-13-16(24)19-6-7-21(13)17(26)20-15(23)11-4-3-5-12(18)9-11/h3-5,9,13H,2,6-8,10H2,1H3,(H,19,24)(H,20,23,26). The minimum Gasteiger partial charge on any atom is -0.466 e. The van der Waals surface area contributed by atoms with E-state index < -0.39 is 12.0 Å². The van der Waals surface area contributed by atoms with Crippen molar-refractivity contribution in [1.82, 2.24) is 15.5 Å². The molecule has 1 aliphatic rings. The first-order chi connectivity index (χ1) is 12.4. The summed E-state index contributed by atoms with van der Waals surface area (Å²) >= 11 is 8.61. The Morgan fingerprint density at radius 3 is 2.92 bits per heavy atom. The molecule has 0 saturated carbocycles. The molecule has 1 unspecified atom stereocenters. The topological polar surface area (TPSA) is 87.7 Å². The van der Waals surface area contributed by atoms with E-state index in [4.69, 9.17) is 17.0 Å². The zero-order valence-electron chi connectivity index (χ0n) is 14.3. The van der Waals surface area contributed by atoms with Crippen molar-refractivity contribution in [3.8, 4) is 0 Å². The number of carbonyl (C=O) groups is 3. The molecule has 1 aromatic carbocycles. The third kappa shape index (κ3) is 5.50. The quantitative estimate of drug-likeness (QED) is 0.532. The van der Waals surface area contributed by atoms with Crippen LogP contribution in [0.1, 0.15) is 30.1 Å². The van der Waals surface area contributed by atoms with E-state index in [9.17, 15) is 14.4 Å². The van der Waals surface area contributed by atoms with Gasteiger partial charge in [-0.05, 0) is 36.8 Å². The number of thiocarbonyl (C=S) groups is 1. The van der Waals surface area contributed by atoms with Crippen LogP contribution in [0.15, 0.2) is 28.7 Å². The van der Waals surface area contributed by atoms with Crippen molar-refractivity contribution < 1.29 is 19.1 Å². The van der Waals surface area contributed by atoms with Gasteiger partial charge in [-0.15, -0.1) is 0 Å². The molecule has 0 bridgehead atoms. The highest BCUT2D eigenvalue weighted by Gasteiger charge is 2.34. The second kappa shape index (κ2) is 9.63. The Balaban J connectivity index is 2.05. The molecule has 1 aromatic rings. The van der Waals surface area contributed by atoms with Gasteiger partial charge < -0.3 is 15.0 Å². The number of carbonyl (C=O) groups excluding carboxylic acids is 3. The normalized spacial score (nSPS) is 16.6. The zero-order chi connectivity index (χ0) is 19.1. The molecule has 2 amide bonds. The van der Waals surface area contributed by atoms with Crippen molar-refractivity contribution >= 4 is 51.0 Å². The number of nitrogens with zero attached hydrogens (tertiary/aromatic N) is 1. The Morgan fingerprint density at radius 2 is 2.23 bits per heavy atom. The number of hydrogen-bond acceptors (Lipinski definition) is 5. The monoisotopic (exact) mass is 441 g/mol. The lowest BCUT2D eigenvalue weighted by molar-refractivity contribution is -0.147. The van der Waals surface area contributed by atoms with E-state index in [1.807, 2.05) is 13.0 Å². The lowest BCUT2D eigenvalue weighted by atomic mass is 10.1. The van der Waals surface area contributed by atoms with Crippen LogP contribution in [0.25, 0.3) is 0 Å². The van der Waals surface area contributed by atoms with Crippen LogP contribution in [0.2, 0.25) is 0 Å². The van der Waals surface area contributed by atoms with Gasteiger partial charge in [0.1, 0.15) is 6.04 Å². The molecule has 140 valence electrons. The molecule has 1 saturated heterocycles. The lowest BCUT2D eigenvalue weighted by Crippen LogP contribution is -2.60. The molecule has 1 heterocycles. The van der Waals surface area contributed by atoms with Gasteiger partial charge in [-0.1, -0.05) is 28.9 Å². The number of rotatable bonds is 5. The van der Waals surface area contributed by atoms with Gasteiger partial charge >= 0.3 is 5.97 Å². The maximum absolute atomic E-state index is 12.4. The van der Waals surface area contributed by atoms with Gasteiger partial charge in [0.05, 0.1) is 13.0 Å². The van der Waals surface area contributed by atoms with E-state index in [0.29, 0.717) is 31.7 Å². The minimum absolute atomic E-state index is 0.109. The Hall–Kier alpha value is -2.00. The van der Waals surface area contributed by atoms with Gasteiger partial charge in [0, 0.05) is 23.1 Å². The number of halogens is 1. The van der Waals surface area contributed by atoms with Crippen molar-refractivity contribution in [2.45, 2.75) is 25.8 Å². The molecular formula is C17H20BrN3O4S. The van der Waals surface area contributed by atoms with E-state index in [2.05, 4.69) is 26.6 Å². The second-order valence-corrected chi connectivity index (χ2v) is 7.00. The number of piperazine rings is 1. The fourth-order valence-electron chi connectivity index (χ4n) is 2.46. The van der Waals surface area contributed by atoms with Crippen molar-refractivity contribution in [1.29, 1.82) is 0 Å². The average molecular weight is 442 g/mol. The van der Waals surface area contributed by atoms with Crippen molar-refractivity contribution in [3.63, 3.8) is 0 Å². The first kappa shape index (κ1) is 20.3. The highest BCUT2D eigenvalue weighted by Crippen LogP contribution is 2.13. The number of benzene rings is 1. The van der Waals surface area contributed by atoms with E-state index in [1.165, 1.54) is 0 Å². The highest BCUT2D eigenvalue weighted by atomic mass is 79.9. The first-order valence-electron chi connectivity index (χ1n) is 8.23. The van der Waals surface area contributed by atoms with Crippen LogP contribution in [-0.2, 0) is 14.3 Å². The molecule has 0 spiro atoms. The molecule has 1 fully saturated rings.